The third-order valence-corrected chi connectivity index (χ3v) is 4.42. The minimum absolute atomic E-state index is 0.296. The smallest absolute Gasteiger partial charge is 0.161 e. The summed E-state index contributed by atoms with van der Waals surface area (Å²) in [6, 6.07) is 12.1. The highest BCUT2D eigenvalue weighted by molar-refractivity contribution is 5.43. The van der Waals surface area contributed by atoms with Crippen molar-refractivity contribution in [1.29, 1.82) is 0 Å². The second kappa shape index (κ2) is 9.30. The molecule has 2 rings (SSSR count). The van der Waals surface area contributed by atoms with E-state index in [0.717, 1.165) is 43.1 Å². The van der Waals surface area contributed by atoms with Crippen molar-refractivity contribution in [3.8, 4) is 11.5 Å². The fourth-order valence-corrected chi connectivity index (χ4v) is 2.56. The van der Waals surface area contributed by atoms with Crippen molar-refractivity contribution in [3.63, 3.8) is 0 Å². The highest BCUT2D eigenvalue weighted by atomic mass is 16.5. The highest BCUT2D eigenvalue weighted by Gasteiger charge is 2.17. The van der Waals surface area contributed by atoms with Crippen LogP contribution in [-0.4, -0.2) is 25.2 Å². The van der Waals surface area contributed by atoms with E-state index in [1.54, 1.807) is 13.3 Å². The maximum Gasteiger partial charge on any atom is 0.161 e. The predicted octanol–water partition coefficient (Wildman–Crippen LogP) is 4.95. The summed E-state index contributed by atoms with van der Waals surface area (Å²) in [5, 5.41) is 3.28. The molecule has 0 saturated carbocycles. The first-order valence-electron chi connectivity index (χ1n) is 8.99. The third kappa shape index (κ3) is 6.29. The van der Waals surface area contributed by atoms with Crippen molar-refractivity contribution >= 4 is 5.82 Å². The zero-order valence-electron chi connectivity index (χ0n) is 15.8. The van der Waals surface area contributed by atoms with Gasteiger partial charge in [-0.2, -0.15) is 0 Å². The van der Waals surface area contributed by atoms with E-state index >= 15 is 0 Å². The molecule has 25 heavy (non-hydrogen) atoms. The molecule has 0 bridgehead atoms. The summed E-state index contributed by atoms with van der Waals surface area (Å²) in [5.41, 5.74) is 1.58. The number of ether oxygens (including phenoxy) is 2. The van der Waals surface area contributed by atoms with E-state index in [9.17, 15) is 0 Å². The molecule has 1 N–H and O–H groups in total. The van der Waals surface area contributed by atoms with Crippen LogP contribution in [0.4, 0.5) is 5.82 Å². The van der Waals surface area contributed by atoms with Crippen LogP contribution in [0.1, 0.15) is 39.2 Å². The van der Waals surface area contributed by atoms with Gasteiger partial charge in [-0.25, -0.2) is 4.98 Å². The van der Waals surface area contributed by atoms with E-state index in [0.29, 0.717) is 12.0 Å². The van der Waals surface area contributed by atoms with Crippen molar-refractivity contribution in [2.45, 2.75) is 40.0 Å². The number of anilines is 1. The van der Waals surface area contributed by atoms with Crippen LogP contribution in [-0.2, 0) is 6.42 Å². The van der Waals surface area contributed by atoms with Crippen molar-refractivity contribution in [2.24, 2.45) is 5.41 Å². The number of nitrogens with zero attached hydrogens (tertiary/aromatic N) is 1. The van der Waals surface area contributed by atoms with Crippen molar-refractivity contribution < 1.29 is 9.47 Å². The first-order valence-corrected chi connectivity index (χ1v) is 8.99. The molecule has 0 aliphatic carbocycles. The Labute approximate surface area is 151 Å². The number of aromatic nitrogens is 1. The van der Waals surface area contributed by atoms with Crippen molar-refractivity contribution in [2.75, 3.05) is 25.6 Å². The van der Waals surface area contributed by atoms with Gasteiger partial charge in [-0.05, 0) is 48.1 Å². The van der Waals surface area contributed by atoms with Gasteiger partial charge >= 0.3 is 0 Å². The second-order valence-electron chi connectivity index (χ2n) is 7.02. The van der Waals surface area contributed by atoms with Crippen LogP contribution in [0.2, 0.25) is 0 Å². The van der Waals surface area contributed by atoms with Crippen LogP contribution in [0.3, 0.4) is 0 Å². The molecule has 136 valence electrons. The molecule has 2 aromatic rings. The number of pyridine rings is 1. The molecule has 4 heteroatoms. The summed E-state index contributed by atoms with van der Waals surface area (Å²) in [6.45, 7) is 8.27. The molecule has 0 atom stereocenters. The van der Waals surface area contributed by atoms with Gasteiger partial charge in [-0.15, -0.1) is 0 Å². The lowest BCUT2D eigenvalue weighted by Crippen LogP contribution is -2.13. The van der Waals surface area contributed by atoms with E-state index in [1.165, 1.54) is 5.56 Å². The normalized spacial score (nSPS) is 11.2. The van der Waals surface area contributed by atoms with Crippen LogP contribution in [0.15, 0.2) is 42.6 Å². The molecular formula is C21H30N2O2. The van der Waals surface area contributed by atoms with Crippen LogP contribution in [0, 0.1) is 5.41 Å². The largest absolute Gasteiger partial charge is 0.493 e. The Morgan fingerprint density at radius 1 is 1.12 bits per heavy atom. The van der Waals surface area contributed by atoms with Gasteiger partial charge in [0.25, 0.3) is 0 Å². The lowest BCUT2D eigenvalue weighted by Gasteiger charge is -2.23. The minimum atomic E-state index is 0.296. The second-order valence-corrected chi connectivity index (χ2v) is 7.02. The van der Waals surface area contributed by atoms with Crippen LogP contribution in [0.5, 0.6) is 11.5 Å². The molecule has 0 spiro atoms. The lowest BCUT2D eigenvalue weighted by molar-refractivity contribution is 0.291. The van der Waals surface area contributed by atoms with Gasteiger partial charge in [0.05, 0.1) is 13.7 Å². The number of hydrogen-bond acceptors (Lipinski definition) is 4. The molecule has 4 nitrogen and oxygen atoms in total. The zero-order valence-corrected chi connectivity index (χ0v) is 15.8. The van der Waals surface area contributed by atoms with Gasteiger partial charge < -0.3 is 14.8 Å². The molecule has 0 radical (unpaired) electrons. The van der Waals surface area contributed by atoms with Crippen LogP contribution >= 0.6 is 0 Å². The Hall–Kier alpha value is -2.23. The van der Waals surface area contributed by atoms with E-state index in [-0.39, 0.29) is 0 Å². The average Bonchev–Trinajstić information content (AvgIpc) is 2.63. The Morgan fingerprint density at radius 2 is 1.96 bits per heavy atom. The van der Waals surface area contributed by atoms with Gasteiger partial charge in [-0.3, -0.25) is 0 Å². The lowest BCUT2D eigenvalue weighted by atomic mass is 9.83. The minimum Gasteiger partial charge on any atom is -0.493 e. The average molecular weight is 342 g/mol. The number of benzene rings is 1. The van der Waals surface area contributed by atoms with E-state index in [1.807, 2.05) is 24.3 Å². The first kappa shape index (κ1) is 19.1. The molecule has 0 aliphatic rings. The summed E-state index contributed by atoms with van der Waals surface area (Å²) in [4.78, 5) is 4.24. The van der Waals surface area contributed by atoms with E-state index in [2.05, 4.69) is 43.2 Å². The molecule has 0 aliphatic heterocycles. The predicted molar refractivity (Wildman–Crippen MR) is 104 cm³/mol. The molecule has 0 saturated heterocycles. The zero-order chi connectivity index (χ0) is 18.1. The first-order chi connectivity index (χ1) is 12.0. The van der Waals surface area contributed by atoms with Gasteiger partial charge in [0.2, 0.25) is 0 Å². The van der Waals surface area contributed by atoms with Gasteiger partial charge in [0.1, 0.15) is 5.82 Å². The van der Waals surface area contributed by atoms with Gasteiger partial charge in [0, 0.05) is 12.7 Å². The van der Waals surface area contributed by atoms with Gasteiger partial charge in [0.15, 0.2) is 11.5 Å². The Morgan fingerprint density at radius 3 is 2.64 bits per heavy atom. The Bertz CT molecular complexity index is 642. The van der Waals surface area contributed by atoms with Gasteiger partial charge in [-0.1, -0.05) is 39.3 Å². The Kier molecular flexibility index (Phi) is 7.11. The molecular weight excluding hydrogens is 312 g/mol. The summed E-state index contributed by atoms with van der Waals surface area (Å²) < 4.78 is 11.4. The standard InChI is InChI=1S/C21H30N2O2/c1-5-21(2,3)16-17-10-11-18(19(15-17)24-4)25-14-8-13-23-20-9-6-7-12-22-20/h6-7,9-12,15H,5,8,13-14,16H2,1-4H3,(H,22,23). The highest BCUT2D eigenvalue weighted by Crippen LogP contribution is 2.32. The molecule has 0 fully saturated rings. The SMILES string of the molecule is CCC(C)(C)Cc1ccc(OCCCNc2ccccn2)c(OC)c1. The van der Waals surface area contributed by atoms with Crippen LogP contribution < -0.4 is 14.8 Å². The number of methoxy groups -OCH3 is 1. The monoisotopic (exact) mass is 342 g/mol. The van der Waals surface area contributed by atoms with E-state index < -0.39 is 0 Å². The van der Waals surface area contributed by atoms with Crippen LogP contribution in [0.25, 0.3) is 0 Å². The van der Waals surface area contributed by atoms with Crippen molar-refractivity contribution in [1.82, 2.24) is 4.98 Å². The molecule has 1 aromatic carbocycles. The molecule has 1 aromatic heterocycles. The molecule has 0 unspecified atom stereocenters. The summed E-state index contributed by atoms with van der Waals surface area (Å²) >= 11 is 0. The summed E-state index contributed by atoms with van der Waals surface area (Å²) in [6.07, 6.45) is 4.86. The number of rotatable bonds is 10. The maximum atomic E-state index is 5.89. The molecule has 0 amide bonds. The molecule has 1 heterocycles. The van der Waals surface area contributed by atoms with E-state index in [4.69, 9.17) is 9.47 Å². The summed E-state index contributed by atoms with van der Waals surface area (Å²) in [7, 11) is 1.69. The maximum absolute atomic E-state index is 5.89. The summed E-state index contributed by atoms with van der Waals surface area (Å²) in [5.74, 6) is 2.50. The number of nitrogens with one attached hydrogen (secondary N) is 1. The third-order valence-electron chi connectivity index (χ3n) is 4.42. The topological polar surface area (TPSA) is 43.4 Å². The Balaban J connectivity index is 1.83. The quantitative estimate of drug-likeness (QED) is 0.620. The number of hydrogen-bond donors (Lipinski definition) is 1. The fourth-order valence-electron chi connectivity index (χ4n) is 2.56. The van der Waals surface area contributed by atoms with Crippen molar-refractivity contribution in [3.05, 3.63) is 48.2 Å². The fraction of sp³-hybridized carbons (Fsp3) is 0.476.